The first-order chi connectivity index (χ1) is 9.88. The van der Waals surface area contributed by atoms with Crippen LogP contribution >= 0.6 is 15.9 Å². The van der Waals surface area contributed by atoms with E-state index in [1.54, 1.807) is 19.1 Å². The smallest absolute Gasteiger partial charge is 0.295 e. The minimum atomic E-state index is -0.676. The van der Waals surface area contributed by atoms with Crippen molar-refractivity contribution >= 4 is 27.3 Å². The average molecular weight is 357 g/mol. The van der Waals surface area contributed by atoms with E-state index in [0.717, 1.165) is 17.7 Å². The molecule has 0 aliphatic carbocycles. The van der Waals surface area contributed by atoms with Crippen molar-refractivity contribution < 1.29 is 13.7 Å². The first kappa shape index (κ1) is 15.4. The van der Waals surface area contributed by atoms with Gasteiger partial charge in [-0.25, -0.2) is 8.78 Å². The van der Waals surface area contributed by atoms with Crippen molar-refractivity contribution in [3.63, 3.8) is 0 Å². The molecule has 0 amide bonds. The Morgan fingerprint density at radius 2 is 1.95 bits per heavy atom. The second-order valence-electron chi connectivity index (χ2n) is 4.46. The standard InChI is InChI=1S/C14H11BrF2N2O2/c1-8(9-2-4-12(17)11(15)6-9)18-13-5-3-10(16)7-14(13)19(20)21/h2-8,18H,1H3. The lowest BCUT2D eigenvalue weighted by Gasteiger charge is -2.16. The van der Waals surface area contributed by atoms with Gasteiger partial charge in [0.1, 0.15) is 17.3 Å². The number of halogens is 3. The fourth-order valence-electron chi connectivity index (χ4n) is 1.88. The summed E-state index contributed by atoms with van der Waals surface area (Å²) < 4.78 is 26.6. The molecule has 0 saturated heterocycles. The molecule has 2 rings (SSSR count). The lowest BCUT2D eigenvalue weighted by Crippen LogP contribution is -2.08. The second-order valence-corrected chi connectivity index (χ2v) is 5.31. The normalized spacial score (nSPS) is 12.0. The van der Waals surface area contributed by atoms with Crippen LogP contribution in [0, 0.1) is 21.7 Å². The molecule has 2 aromatic rings. The summed E-state index contributed by atoms with van der Waals surface area (Å²) in [6.07, 6.45) is 0. The van der Waals surface area contributed by atoms with Crippen LogP contribution in [0.1, 0.15) is 18.5 Å². The monoisotopic (exact) mass is 356 g/mol. The highest BCUT2D eigenvalue weighted by molar-refractivity contribution is 9.10. The summed E-state index contributed by atoms with van der Waals surface area (Å²) in [7, 11) is 0. The number of hydrogen-bond acceptors (Lipinski definition) is 3. The maximum atomic E-state index is 13.2. The maximum absolute atomic E-state index is 13.2. The Kier molecular flexibility index (Phi) is 4.52. The molecule has 0 aromatic heterocycles. The van der Waals surface area contributed by atoms with Crippen molar-refractivity contribution in [1.29, 1.82) is 0 Å². The fraction of sp³-hybridized carbons (Fsp3) is 0.143. The van der Waals surface area contributed by atoms with Gasteiger partial charge in [-0.15, -0.1) is 0 Å². The number of benzene rings is 2. The predicted molar refractivity (Wildman–Crippen MR) is 79.2 cm³/mol. The molecule has 0 aliphatic heterocycles. The topological polar surface area (TPSA) is 55.2 Å². The summed E-state index contributed by atoms with van der Waals surface area (Å²) in [4.78, 5) is 10.3. The van der Waals surface area contributed by atoms with Gasteiger partial charge in [0.15, 0.2) is 0 Å². The Labute approximate surface area is 128 Å². The Hall–Kier alpha value is -2.02. The highest BCUT2D eigenvalue weighted by Crippen LogP contribution is 2.30. The van der Waals surface area contributed by atoms with Crippen LogP contribution < -0.4 is 5.32 Å². The third-order valence-electron chi connectivity index (χ3n) is 2.97. The van der Waals surface area contributed by atoms with Crippen molar-refractivity contribution in [1.82, 2.24) is 0 Å². The zero-order valence-electron chi connectivity index (χ0n) is 10.9. The fourth-order valence-corrected chi connectivity index (χ4v) is 2.27. The number of hydrogen-bond donors (Lipinski definition) is 1. The molecule has 21 heavy (non-hydrogen) atoms. The lowest BCUT2D eigenvalue weighted by atomic mass is 10.1. The molecule has 1 N–H and O–H groups in total. The van der Waals surface area contributed by atoms with E-state index in [-0.39, 0.29) is 17.4 Å². The molecule has 0 bridgehead atoms. The van der Waals surface area contributed by atoms with Crippen molar-refractivity contribution in [2.45, 2.75) is 13.0 Å². The second kappa shape index (κ2) is 6.17. The van der Waals surface area contributed by atoms with Crippen molar-refractivity contribution in [2.24, 2.45) is 0 Å². The van der Waals surface area contributed by atoms with E-state index >= 15 is 0 Å². The first-order valence-electron chi connectivity index (χ1n) is 6.04. The van der Waals surface area contributed by atoms with Gasteiger partial charge in [0.2, 0.25) is 0 Å². The minimum Gasteiger partial charge on any atom is -0.373 e. The Balaban J connectivity index is 2.29. The van der Waals surface area contributed by atoms with Crippen LogP contribution in [-0.4, -0.2) is 4.92 Å². The molecule has 0 radical (unpaired) electrons. The summed E-state index contributed by atoms with van der Waals surface area (Å²) >= 11 is 3.09. The minimum absolute atomic E-state index is 0.203. The van der Waals surface area contributed by atoms with E-state index < -0.39 is 16.6 Å². The number of nitrogens with one attached hydrogen (secondary N) is 1. The van der Waals surface area contributed by atoms with E-state index in [9.17, 15) is 18.9 Å². The van der Waals surface area contributed by atoms with E-state index in [4.69, 9.17) is 0 Å². The summed E-state index contributed by atoms with van der Waals surface area (Å²) in [6, 6.07) is 7.46. The van der Waals surface area contributed by atoms with Crippen LogP contribution in [0.5, 0.6) is 0 Å². The van der Waals surface area contributed by atoms with Crippen LogP contribution in [-0.2, 0) is 0 Å². The molecular formula is C14H11BrF2N2O2. The third-order valence-corrected chi connectivity index (χ3v) is 3.58. The molecule has 7 heteroatoms. The summed E-state index contributed by atoms with van der Waals surface area (Å²) in [6.45, 7) is 1.77. The molecule has 1 unspecified atom stereocenters. The number of nitro benzene ring substituents is 1. The molecule has 4 nitrogen and oxygen atoms in total. The van der Waals surface area contributed by atoms with Gasteiger partial charge in [0.05, 0.1) is 15.5 Å². The zero-order chi connectivity index (χ0) is 15.6. The lowest BCUT2D eigenvalue weighted by molar-refractivity contribution is -0.384. The van der Waals surface area contributed by atoms with Crippen LogP contribution in [0.3, 0.4) is 0 Å². The van der Waals surface area contributed by atoms with Crippen LogP contribution in [0.4, 0.5) is 20.2 Å². The molecule has 0 spiro atoms. The van der Waals surface area contributed by atoms with Crippen LogP contribution in [0.15, 0.2) is 40.9 Å². The third kappa shape index (κ3) is 3.55. The SMILES string of the molecule is CC(Nc1ccc(F)cc1[N+](=O)[O-])c1ccc(F)c(Br)c1. The molecular weight excluding hydrogens is 346 g/mol. The van der Waals surface area contributed by atoms with E-state index in [1.165, 1.54) is 12.1 Å². The Bertz CT molecular complexity index is 695. The van der Waals surface area contributed by atoms with Crippen LogP contribution in [0.2, 0.25) is 0 Å². The largest absolute Gasteiger partial charge is 0.373 e. The number of rotatable bonds is 4. The van der Waals surface area contributed by atoms with Gasteiger partial charge in [0, 0.05) is 6.04 Å². The molecule has 2 aromatic carbocycles. The molecule has 0 heterocycles. The van der Waals surface area contributed by atoms with Crippen LogP contribution in [0.25, 0.3) is 0 Å². The summed E-state index contributed by atoms with van der Waals surface area (Å²) in [5.41, 5.74) is 0.597. The van der Waals surface area contributed by atoms with Crippen molar-refractivity contribution in [3.05, 3.63) is 68.2 Å². The van der Waals surface area contributed by atoms with Crippen molar-refractivity contribution in [3.8, 4) is 0 Å². The number of nitro groups is 1. The van der Waals surface area contributed by atoms with Gasteiger partial charge in [-0.1, -0.05) is 6.07 Å². The predicted octanol–water partition coefficient (Wildman–Crippen LogP) is 4.81. The van der Waals surface area contributed by atoms with Gasteiger partial charge in [0.25, 0.3) is 5.69 Å². The Morgan fingerprint density at radius 1 is 1.24 bits per heavy atom. The van der Waals surface area contributed by atoms with E-state index in [0.29, 0.717) is 4.47 Å². The van der Waals surface area contributed by atoms with Gasteiger partial charge in [-0.05, 0) is 52.7 Å². The summed E-state index contributed by atoms with van der Waals surface area (Å²) in [5, 5.41) is 13.9. The molecule has 1 atom stereocenters. The molecule has 0 fully saturated rings. The van der Waals surface area contributed by atoms with Gasteiger partial charge < -0.3 is 5.32 Å². The molecule has 0 aliphatic rings. The maximum Gasteiger partial charge on any atom is 0.295 e. The quantitative estimate of drug-likeness (QED) is 0.631. The van der Waals surface area contributed by atoms with E-state index in [1.807, 2.05) is 0 Å². The number of anilines is 1. The van der Waals surface area contributed by atoms with Gasteiger partial charge in [-0.3, -0.25) is 10.1 Å². The number of nitrogens with zero attached hydrogens (tertiary/aromatic N) is 1. The molecule has 110 valence electrons. The highest BCUT2D eigenvalue weighted by atomic mass is 79.9. The Morgan fingerprint density at radius 3 is 2.57 bits per heavy atom. The van der Waals surface area contributed by atoms with Gasteiger partial charge in [-0.2, -0.15) is 0 Å². The van der Waals surface area contributed by atoms with Crippen molar-refractivity contribution in [2.75, 3.05) is 5.32 Å². The molecule has 0 saturated carbocycles. The van der Waals surface area contributed by atoms with Gasteiger partial charge >= 0.3 is 0 Å². The average Bonchev–Trinajstić information content (AvgIpc) is 2.43. The highest BCUT2D eigenvalue weighted by Gasteiger charge is 2.17. The zero-order valence-corrected chi connectivity index (χ0v) is 12.5. The summed E-state index contributed by atoms with van der Waals surface area (Å²) in [5.74, 6) is -1.07. The first-order valence-corrected chi connectivity index (χ1v) is 6.83. The van der Waals surface area contributed by atoms with E-state index in [2.05, 4.69) is 21.2 Å².